The molecule has 0 saturated carbocycles. The molecule has 4 N–H and O–H groups in total. The van der Waals surface area contributed by atoms with Crippen molar-refractivity contribution in [3.63, 3.8) is 0 Å². The number of aromatic nitrogens is 4. The Morgan fingerprint density at radius 1 is 1.30 bits per heavy atom. The fourth-order valence-corrected chi connectivity index (χ4v) is 1.58. The van der Waals surface area contributed by atoms with Crippen molar-refractivity contribution in [2.24, 2.45) is 0 Å². The lowest BCUT2D eigenvalue weighted by molar-refractivity contribution is -0.623. The van der Waals surface area contributed by atoms with E-state index in [0.29, 0.717) is 18.1 Å². The largest absolute Gasteiger partial charge is 1.00 e. The van der Waals surface area contributed by atoms with E-state index in [-0.39, 0.29) is 29.8 Å². The van der Waals surface area contributed by atoms with Crippen molar-refractivity contribution in [1.29, 1.82) is 0 Å². The molecule has 0 atom stereocenters. The van der Waals surface area contributed by atoms with E-state index >= 15 is 0 Å². The van der Waals surface area contributed by atoms with Crippen LogP contribution in [-0.2, 0) is 4.74 Å². The van der Waals surface area contributed by atoms with E-state index < -0.39 is 5.97 Å². The maximum Gasteiger partial charge on any atom is 0.378 e. The second-order valence-electron chi connectivity index (χ2n) is 4.19. The van der Waals surface area contributed by atoms with Gasteiger partial charge in [-0.2, -0.15) is 0 Å². The highest BCUT2D eigenvalue weighted by molar-refractivity contribution is 5.85. The molecule has 0 unspecified atom stereocenters. The van der Waals surface area contributed by atoms with Gasteiger partial charge in [0, 0.05) is 12.3 Å². The summed E-state index contributed by atoms with van der Waals surface area (Å²) in [6.07, 6.45) is 3.42. The number of halogens is 1. The van der Waals surface area contributed by atoms with Crippen molar-refractivity contribution >= 4 is 17.4 Å². The molecular weight excluding hydrogens is 411 g/mol. The third kappa shape index (κ3) is 5.06. The van der Waals surface area contributed by atoms with Crippen molar-refractivity contribution in [2.45, 2.75) is 6.92 Å². The Kier molecular flexibility index (Phi) is 7.19. The van der Waals surface area contributed by atoms with Gasteiger partial charge < -0.3 is 28.7 Å². The van der Waals surface area contributed by atoms with E-state index in [2.05, 4.69) is 10.1 Å². The summed E-state index contributed by atoms with van der Waals surface area (Å²) >= 11 is 0. The van der Waals surface area contributed by atoms with Gasteiger partial charge in [-0.05, 0) is 25.1 Å². The number of hydrogen-bond acceptors (Lipinski definition) is 6. The Labute approximate surface area is 150 Å². The van der Waals surface area contributed by atoms with E-state index in [4.69, 9.17) is 16.3 Å². The SMILES string of the molecule is CCOC(=O)c1nc2ccccn2n1.Nc1cccc[n+]1N.[I-]. The number of carbonyl (C=O) groups is 1. The van der Waals surface area contributed by atoms with Gasteiger partial charge in [-0.15, -0.1) is 9.77 Å². The second kappa shape index (κ2) is 8.88. The minimum absolute atomic E-state index is 0. The van der Waals surface area contributed by atoms with Crippen molar-refractivity contribution < 1.29 is 38.2 Å². The van der Waals surface area contributed by atoms with Gasteiger partial charge in [0.2, 0.25) is 0 Å². The Morgan fingerprint density at radius 3 is 2.61 bits per heavy atom. The van der Waals surface area contributed by atoms with Crippen LogP contribution >= 0.6 is 0 Å². The average molecular weight is 428 g/mol. The van der Waals surface area contributed by atoms with Gasteiger partial charge in [0.05, 0.1) is 6.61 Å². The molecule has 0 fully saturated rings. The van der Waals surface area contributed by atoms with Gasteiger partial charge in [-0.1, -0.05) is 12.1 Å². The minimum Gasteiger partial charge on any atom is -1.00 e. The Balaban J connectivity index is 0.000000253. The highest BCUT2D eigenvalue weighted by atomic mass is 127. The quantitative estimate of drug-likeness (QED) is 0.197. The monoisotopic (exact) mass is 428 g/mol. The Bertz CT molecular complexity index is 723. The number of pyridine rings is 2. The normalized spacial score (nSPS) is 9.43. The van der Waals surface area contributed by atoms with Crippen LogP contribution in [0.5, 0.6) is 0 Å². The van der Waals surface area contributed by atoms with Crippen LogP contribution in [0.25, 0.3) is 5.65 Å². The van der Waals surface area contributed by atoms with Crippen LogP contribution in [-0.4, -0.2) is 27.2 Å². The van der Waals surface area contributed by atoms with Gasteiger partial charge >= 0.3 is 5.97 Å². The maximum absolute atomic E-state index is 11.3. The fourth-order valence-electron chi connectivity index (χ4n) is 1.58. The minimum atomic E-state index is -0.490. The molecule has 0 saturated heterocycles. The molecule has 3 aromatic rings. The number of hydrogen-bond donors (Lipinski definition) is 2. The summed E-state index contributed by atoms with van der Waals surface area (Å²) in [6.45, 7) is 2.07. The zero-order chi connectivity index (χ0) is 15.9. The van der Waals surface area contributed by atoms with Crippen molar-refractivity contribution in [1.82, 2.24) is 14.6 Å². The summed E-state index contributed by atoms with van der Waals surface area (Å²) in [6, 6.07) is 10.8. The summed E-state index contributed by atoms with van der Waals surface area (Å²) < 4.78 is 7.68. The van der Waals surface area contributed by atoms with Gasteiger partial charge in [-0.3, -0.25) is 11.6 Å². The predicted molar refractivity (Wildman–Crippen MR) is 80.1 cm³/mol. The molecule has 0 bridgehead atoms. The Morgan fingerprint density at radius 2 is 2.04 bits per heavy atom. The molecule has 9 heteroatoms. The lowest BCUT2D eigenvalue weighted by Crippen LogP contribution is -3.00. The molecule has 3 rings (SSSR count). The summed E-state index contributed by atoms with van der Waals surface area (Å²) in [5.41, 5.74) is 5.99. The van der Waals surface area contributed by atoms with Crippen LogP contribution in [0.4, 0.5) is 5.82 Å². The first-order chi connectivity index (χ1) is 10.6. The predicted octanol–water partition coefficient (Wildman–Crippen LogP) is -2.82. The number of carbonyl (C=O) groups excluding carboxylic acids is 1. The second-order valence-corrected chi connectivity index (χ2v) is 4.19. The molecule has 3 aromatic heterocycles. The number of fused-ring (bicyclic) bond motifs is 1. The highest BCUT2D eigenvalue weighted by Crippen LogP contribution is 2.01. The summed E-state index contributed by atoms with van der Waals surface area (Å²) in [7, 11) is 0. The molecule has 0 radical (unpaired) electrons. The number of anilines is 1. The van der Waals surface area contributed by atoms with Crippen LogP contribution in [0, 0.1) is 0 Å². The fraction of sp³-hybridized carbons (Fsp3) is 0.143. The molecule has 0 spiro atoms. The molecule has 0 aliphatic carbocycles. The van der Waals surface area contributed by atoms with E-state index in [1.807, 2.05) is 24.3 Å². The molecule has 8 nitrogen and oxygen atoms in total. The van der Waals surface area contributed by atoms with Gasteiger partial charge in [0.1, 0.15) is 6.20 Å². The van der Waals surface area contributed by atoms with Crippen LogP contribution in [0.1, 0.15) is 17.5 Å². The van der Waals surface area contributed by atoms with E-state index in [1.165, 1.54) is 9.19 Å². The first-order valence-corrected chi connectivity index (χ1v) is 6.61. The van der Waals surface area contributed by atoms with Crippen LogP contribution in [0.2, 0.25) is 0 Å². The topological polar surface area (TPSA) is 112 Å². The number of esters is 1. The lowest BCUT2D eigenvalue weighted by atomic mass is 10.5. The highest BCUT2D eigenvalue weighted by Gasteiger charge is 2.12. The van der Waals surface area contributed by atoms with Gasteiger partial charge in [0.15, 0.2) is 5.65 Å². The van der Waals surface area contributed by atoms with Crippen molar-refractivity contribution in [3.05, 3.63) is 54.6 Å². The van der Waals surface area contributed by atoms with Gasteiger partial charge in [-0.25, -0.2) is 14.3 Å². The maximum atomic E-state index is 11.3. The molecule has 23 heavy (non-hydrogen) atoms. The third-order valence-corrected chi connectivity index (χ3v) is 2.62. The summed E-state index contributed by atoms with van der Waals surface area (Å²) in [5, 5.41) is 3.96. The number of nitrogens with two attached hydrogens (primary N) is 2. The molecule has 0 aliphatic rings. The standard InChI is InChI=1S/C9H9N3O2.C5H7N3.HI/c1-2-14-9(13)8-10-7-5-3-4-6-12(7)11-8;6-5-3-1-2-4-8(5)7;/h3-6H,2H2,1H3;1-4,6H,7H2;1H. The number of nitrogens with zero attached hydrogens (tertiary/aromatic N) is 4. The van der Waals surface area contributed by atoms with Crippen molar-refractivity contribution in [2.75, 3.05) is 18.2 Å². The molecule has 122 valence electrons. The molecular formula is C14H17IN6O2. The van der Waals surface area contributed by atoms with Crippen LogP contribution in [0.3, 0.4) is 0 Å². The lowest BCUT2D eigenvalue weighted by Gasteiger charge is -1.93. The summed E-state index contributed by atoms with van der Waals surface area (Å²) in [5.74, 6) is 5.48. The molecule has 0 aliphatic heterocycles. The van der Waals surface area contributed by atoms with Crippen LogP contribution in [0.15, 0.2) is 48.8 Å². The van der Waals surface area contributed by atoms with Crippen LogP contribution < -0.4 is 40.2 Å². The first-order valence-electron chi connectivity index (χ1n) is 6.61. The number of rotatable bonds is 2. The Hall–Kier alpha value is -2.43. The first kappa shape index (κ1) is 18.6. The summed E-state index contributed by atoms with van der Waals surface area (Å²) in [4.78, 5) is 15.3. The van der Waals surface area contributed by atoms with Crippen molar-refractivity contribution in [3.8, 4) is 0 Å². The molecule has 0 aromatic carbocycles. The zero-order valence-electron chi connectivity index (χ0n) is 12.5. The third-order valence-electron chi connectivity index (χ3n) is 2.62. The van der Waals surface area contributed by atoms with E-state index in [9.17, 15) is 4.79 Å². The van der Waals surface area contributed by atoms with E-state index in [1.54, 1.807) is 31.5 Å². The van der Waals surface area contributed by atoms with Gasteiger partial charge in [0.25, 0.3) is 11.6 Å². The average Bonchev–Trinajstić information content (AvgIpc) is 2.95. The number of ether oxygens (including phenoxy) is 1. The smallest absolute Gasteiger partial charge is 0.378 e. The number of nitrogen functional groups attached to an aromatic ring is 2. The molecule has 3 heterocycles. The van der Waals surface area contributed by atoms with E-state index in [0.717, 1.165) is 0 Å². The zero-order valence-corrected chi connectivity index (χ0v) is 14.6. The molecule has 0 amide bonds.